The molecule has 12 heteroatoms. The maximum atomic E-state index is 12.5. The van der Waals surface area contributed by atoms with E-state index in [2.05, 4.69) is 5.32 Å². The molecular formula is C19H16ClF3N4O4. The molecule has 0 aromatic heterocycles. The van der Waals surface area contributed by atoms with Crippen LogP contribution in [-0.4, -0.2) is 54.0 Å². The van der Waals surface area contributed by atoms with Crippen molar-refractivity contribution in [3.05, 3.63) is 63.2 Å². The van der Waals surface area contributed by atoms with Gasteiger partial charge >= 0.3 is 12.1 Å². The molecular weight excluding hydrogens is 441 g/mol. The number of alkyl halides is 3. The molecule has 1 aliphatic heterocycles. The molecule has 1 aliphatic rings. The maximum absolute atomic E-state index is 12.5. The summed E-state index contributed by atoms with van der Waals surface area (Å²) in [5, 5.41) is 13.3. The summed E-state index contributed by atoms with van der Waals surface area (Å²) in [7, 11) is 0. The minimum absolute atomic E-state index is 0.0462. The van der Waals surface area contributed by atoms with Crippen molar-refractivity contribution in [2.45, 2.75) is 6.18 Å². The third-order valence-electron chi connectivity index (χ3n) is 4.71. The molecule has 1 fully saturated rings. The highest BCUT2D eigenvalue weighted by molar-refractivity contribution is 6.34. The summed E-state index contributed by atoms with van der Waals surface area (Å²) >= 11 is 5.95. The van der Waals surface area contributed by atoms with E-state index in [0.29, 0.717) is 5.69 Å². The summed E-state index contributed by atoms with van der Waals surface area (Å²) in [5.41, 5.74) is 1.00. The molecule has 0 radical (unpaired) electrons. The Morgan fingerprint density at radius 2 is 1.65 bits per heavy atom. The molecule has 2 aromatic rings. The number of nitro benzene ring substituents is 1. The molecule has 0 saturated carbocycles. The molecule has 8 nitrogen and oxygen atoms in total. The van der Waals surface area contributed by atoms with Gasteiger partial charge in [-0.15, -0.1) is 0 Å². The van der Waals surface area contributed by atoms with Crippen LogP contribution in [0.15, 0.2) is 42.5 Å². The predicted molar refractivity (Wildman–Crippen MR) is 107 cm³/mol. The molecule has 1 heterocycles. The molecule has 2 amide bonds. The quantitative estimate of drug-likeness (QED) is 0.559. The first-order chi connectivity index (χ1) is 14.6. The molecule has 0 bridgehead atoms. The van der Waals surface area contributed by atoms with Crippen LogP contribution < -0.4 is 10.2 Å². The number of carbonyl (C=O) groups is 2. The van der Waals surface area contributed by atoms with Crippen molar-refractivity contribution in [3.63, 3.8) is 0 Å². The summed E-state index contributed by atoms with van der Waals surface area (Å²) in [6.45, 7) is 0.392. The number of nitrogens with zero attached hydrogens (tertiary/aromatic N) is 3. The van der Waals surface area contributed by atoms with Crippen LogP contribution in [0.4, 0.5) is 30.2 Å². The fourth-order valence-electron chi connectivity index (χ4n) is 3.10. The number of rotatable bonds is 4. The number of amides is 2. The second-order valence-corrected chi connectivity index (χ2v) is 7.11. The lowest BCUT2D eigenvalue weighted by Gasteiger charge is -2.36. The minimum atomic E-state index is -4.88. The van der Waals surface area contributed by atoms with Crippen LogP contribution in [0.2, 0.25) is 5.02 Å². The Hall–Kier alpha value is -3.34. The first-order valence-electron chi connectivity index (χ1n) is 9.02. The van der Waals surface area contributed by atoms with Gasteiger partial charge in [0.2, 0.25) is 0 Å². The molecule has 0 unspecified atom stereocenters. The van der Waals surface area contributed by atoms with Crippen LogP contribution >= 0.6 is 11.6 Å². The van der Waals surface area contributed by atoms with Gasteiger partial charge in [0.1, 0.15) is 0 Å². The molecule has 31 heavy (non-hydrogen) atoms. The van der Waals surface area contributed by atoms with Crippen LogP contribution in [0.5, 0.6) is 0 Å². The van der Waals surface area contributed by atoms with Gasteiger partial charge in [0.05, 0.1) is 15.5 Å². The number of hydrogen-bond acceptors (Lipinski definition) is 5. The lowest BCUT2D eigenvalue weighted by molar-refractivity contribution is -0.384. The summed E-state index contributed by atoms with van der Waals surface area (Å²) in [6.07, 6.45) is -4.88. The lowest BCUT2D eigenvalue weighted by Crippen LogP contribution is -2.52. The van der Waals surface area contributed by atoms with Crippen molar-refractivity contribution in [1.82, 2.24) is 4.90 Å². The smallest absolute Gasteiger partial charge is 0.368 e. The van der Waals surface area contributed by atoms with E-state index in [1.54, 1.807) is 24.3 Å². The number of benzene rings is 2. The average Bonchev–Trinajstić information content (AvgIpc) is 2.73. The maximum Gasteiger partial charge on any atom is 0.471 e. The van der Waals surface area contributed by atoms with E-state index < -0.39 is 22.9 Å². The van der Waals surface area contributed by atoms with Gasteiger partial charge in [-0.25, -0.2) is 0 Å². The number of non-ortho nitro benzene ring substituents is 1. The van der Waals surface area contributed by atoms with Crippen molar-refractivity contribution in [2.75, 3.05) is 36.4 Å². The molecule has 0 aliphatic carbocycles. The normalized spacial score (nSPS) is 14.3. The highest BCUT2D eigenvalue weighted by Crippen LogP contribution is 2.25. The second-order valence-electron chi connectivity index (χ2n) is 6.70. The molecule has 164 valence electrons. The van der Waals surface area contributed by atoms with E-state index in [1.165, 1.54) is 12.1 Å². The van der Waals surface area contributed by atoms with E-state index in [9.17, 15) is 32.9 Å². The second kappa shape index (κ2) is 8.80. The van der Waals surface area contributed by atoms with Crippen LogP contribution in [-0.2, 0) is 4.79 Å². The molecule has 3 rings (SSSR count). The number of hydrogen-bond donors (Lipinski definition) is 1. The minimum Gasteiger partial charge on any atom is -0.368 e. The Kier molecular flexibility index (Phi) is 6.34. The fraction of sp³-hybridized carbons (Fsp3) is 0.263. The Bertz CT molecular complexity index is 1010. The summed E-state index contributed by atoms with van der Waals surface area (Å²) < 4.78 is 37.6. The standard InChI is InChI=1S/C19H16ClF3N4O4/c20-16-11-14(27(30)31)5-6-15(16)17(28)24-12-1-3-13(4-2-12)25-7-9-26(10-8-25)18(29)19(21,22)23/h1-6,11H,7-10H2,(H,24,28). The number of nitro groups is 1. The zero-order chi connectivity index (χ0) is 22.8. The van der Waals surface area contributed by atoms with Gasteiger partial charge in [-0.1, -0.05) is 11.6 Å². The Morgan fingerprint density at radius 3 is 2.16 bits per heavy atom. The van der Waals surface area contributed by atoms with Crippen molar-refractivity contribution >= 4 is 40.5 Å². The van der Waals surface area contributed by atoms with Gasteiger partial charge in [-0.3, -0.25) is 19.7 Å². The monoisotopic (exact) mass is 456 g/mol. The van der Waals surface area contributed by atoms with Crippen molar-refractivity contribution in [1.29, 1.82) is 0 Å². The van der Waals surface area contributed by atoms with Crippen LogP contribution in [0.3, 0.4) is 0 Å². The first-order valence-corrected chi connectivity index (χ1v) is 9.40. The van der Waals surface area contributed by atoms with Crippen molar-refractivity contribution in [3.8, 4) is 0 Å². The largest absolute Gasteiger partial charge is 0.471 e. The van der Waals surface area contributed by atoms with E-state index in [1.807, 2.05) is 4.90 Å². The van der Waals surface area contributed by atoms with Gasteiger partial charge in [0.25, 0.3) is 11.6 Å². The number of anilines is 2. The number of halogens is 4. The third-order valence-corrected chi connectivity index (χ3v) is 5.02. The molecule has 0 spiro atoms. The third kappa shape index (κ3) is 5.23. The highest BCUT2D eigenvalue weighted by atomic mass is 35.5. The highest BCUT2D eigenvalue weighted by Gasteiger charge is 2.43. The zero-order valence-corrected chi connectivity index (χ0v) is 16.6. The lowest BCUT2D eigenvalue weighted by atomic mass is 10.1. The molecule has 1 saturated heterocycles. The van der Waals surface area contributed by atoms with Gasteiger partial charge in [-0.2, -0.15) is 13.2 Å². The van der Waals surface area contributed by atoms with Gasteiger partial charge in [0, 0.05) is 49.7 Å². The molecule has 1 N–H and O–H groups in total. The Labute approximate surface area is 179 Å². The van der Waals surface area contributed by atoms with E-state index >= 15 is 0 Å². The van der Waals surface area contributed by atoms with Gasteiger partial charge in [-0.05, 0) is 30.3 Å². The molecule has 2 aromatic carbocycles. The topological polar surface area (TPSA) is 95.8 Å². The predicted octanol–water partition coefficient (Wildman–Crippen LogP) is 3.71. The number of nitrogens with one attached hydrogen (secondary N) is 1. The molecule has 0 atom stereocenters. The SMILES string of the molecule is O=C(Nc1ccc(N2CCN(C(=O)C(F)(F)F)CC2)cc1)c1ccc([N+](=O)[O-])cc1Cl. The summed E-state index contributed by atoms with van der Waals surface area (Å²) in [4.78, 5) is 36.4. The van der Waals surface area contributed by atoms with Gasteiger partial charge < -0.3 is 15.1 Å². The Balaban J connectivity index is 1.60. The van der Waals surface area contributed by atoms with Crippen molar-refractivity contribution < 1.29 is 27.7 Å². The van der Waals surface area contributed by atoms with Crippen LogP contribution in [0.25, 0.3) is 0 Å². The van der Waals surface area contributed by atoms with E-state index in [-0.39, 0.29) is 42.5 Å². The van der Waals surface area contributed by atoms with Crippen LogP contribution in [0, 0.1) is 10.1 Å². The van der Waals surface area contributed by atoms with Crippen molar-refractivity contribution in [2.24, 2.45) is 0 Å². The fourth-order valence-corrected chi connectivity index (χ4v) is 3.36. The van der Waals surface area contributed by atoms with Crippen LogP contribution in [0.1, 0.15) is 10.4 Å². The zero-order valence-electron chi connectivity index (χ0n) is 15.9. The Morgan fingerprint density at radius 1 is 1.03 bits per heavy atom. The van der Waals surface area contributed by atoms with E-state index in [4.69, 9.17) is 11.6 Å². The number of carbonyl (C=O) groups excluding carboxylic acids is 2. The van der Waals surface area contributed by atoms with Gasteiger partial charge in [0.15, 0.2) is 0 Å². The average molecular weight is 457 g/mol. The first kappa shape index (κ1) is 22.3. The number of piperazine rings is 1. The summed E-state index contributed by atoms with van der Waals surface area (Å²) in [6, 6.07) is 10.1. The summed E-state index contributed by atoms with van der Waals surface area (Å²) in [5.74, 6) is -2.39. The van der Waals surface area contributed by atoms with E-state index in [0.717, 1.165) is 16.7 Å².